The Bertz CT molecular complexity index is 779. The Hall–Kier alpha value is -2.59. The zero-order chi connectivity index (χ0) is 21.6. The first-order chi connectivity index (χ1) is 15.3. The summed E-state index contributed by atoms with van der Waals surface area (Å²) < 4.78 is 16.7. The molecule has 0 aliphatic carbocycles. The minimum absolute atomic E-state index is 0.270. The highest BCUT2D eigenvalue weighted by molar-refractivity contribution is 5.82. The van der Waals surface area contributed by atoms with Gasteiger partial charge in [0.05, 0.1) is 18.9 Å². The molecule has 1 fully saturated rings. The molecule has 1 unspecified atom stereocenters. The number of hydrogen-bond donors (Lipinski definition) is 0. The van der Waals surface area contributed by atoms with Gasteiger partial charge in [-0.3, -0.25) is 4.99 Å². The van der Waals surface area contributed by atoms with E-state index < -0.39 is 0 Å². The normalized spacial score (nSPS) is 15.2. The van der Waals surface area contributed by atoms with Gasteiger partial charge in [0.1, 0.15) is 24.2 Å². The fourth-order valence-electron chi connectivity index (χ4n) is 3.25. The van der Waals surface area contributed by atoms with E-state index in [4.69, 9.17) is 14.2 Å². The molecule has 0 N–H and O–H groups in total. The molecule has 31 heavy (non-hydrogen) atoms. The maximum atomic E-state index is 5.86. The Kier molecular flexibility index (Phi) is 10.2. The van der Waals surface area contributed by atoms with Crippen LogP contribution in [0.25, 0.3) is 0 Å². The molecule has 1 heterocycles. The summed E-state index contributed by atoms with van der Waals surface area (Å²) in [6.45, 7) is 5.98. The number of hydrogen-bond acceptors (Lipinski definition) is 4. The first-order valence-corrected chi connectivity index (χ1v) is 11.6. The van der Waals surface area contributed by atoms with Gasteiger partial charge in [0, 0.05) is 6.21 Å². The largest absolute Gasteiger partial charge is 0.494 e. The monoisotopic (exact) mass is 421 g/mol. The van der Waals surface area contributed by atoms with Gasteiger partial charge >= 0.3 is 0 Å². The van der Waals surface area contributed by atoms with Gasteiger partial charge < -0.3 is 14.2 Å². The maximum Gasteiger partial charge on any atom is 0.119 e. The smallest absolute Gasteiger partial charge is 0.119 e. The molecule has 1 atom stereocenters. The molecular weight excluding hydrogens is 386 g/mol. The van der Waals surface area contributed by atoms with Crippen LogP contribution in [0.1, 0.15) is 56.9 Å². The Morgan fingerprint density at radius 2 is 1.45 bits per heavy atom. The average Bonchev–Trinajstić information content (AvgIpc) is 3.64. The fraction of sp³-hybridized carbons (Fsp3) is 0.444. The summed E-state index contributed by atoms with van der Waals surface area (Å²) in [5.41, 5.74) is 1.95. The molecular formula is C27H35NO3. The van der Waals surface area contributed by atoms with Gasteiger partial charge in [-0.1, -0.05) is 38.2 Å². The SMILES string of the molecule is C=CCCCCCCCCCOc1ccc(C=Nc2ccc(OCC3CO3)cc2)cc1. The molecule has 166 valence electrons. The summed E-state index contributed by atoms with van der Waals surface area (Å²) in [6, 6.07) is 15.9. The van der Waals surface area contributed by atoms with Crippen LogP contribution >= 0.6 is 0 Å². The molecule has 2 aromatic carbocycles. The fourth-order valence-corrected chi connectivity index (χ4v) is 3.25. The molecule has 4 nitrogen and oxygen atoms in total. The van der Waals surface area contributed by atoms with Crippen molar-refractivity contribution in [2.75, 3.05) is 19.8 Å². The van der Waals surface area contributed by atoms with E-state index in [1.165, 1.54) is 38.5 Å². The first-order valence-electron chi connectivity index (χ1n) is 11.6. The molecule has 0 spiro atoms. The van der Waals surface area contributed by atoms with Crippen LogP contribution in [0.5, 0.6) is 11.5 Å². The number of ether oxygens (including phenoxy) is 3. The number of epoxide rings is 1. The molecule has 0 radical (unpaired) electrons. The van der Waals surface area contributed by atoms with Gasteiger partial charge in [0.2, 0.25) is 0 Å². The molecule has 0 saturated carbocycles. The molecule has 3 rings (SSSR count). The van der Waals surface area contributed by atoms with E-state index in [9.17, 15) is 0 Å². The maximum absolute atomic E-state index is 5.86. The minimum atomic E-state index is 0.270. The first kappa shape index (κ1) is 23.1. The van der Waals surface area contributed by atoms with E-state index in [2.05, 4.69) is 11.6 Å². The van der Waals surface area contributed by atoms with Crippen molar-refractivity contribution < 1.29 is 14.2 Å². The summed E-state index contributed by atoms with van der Waals surface area (Å²) in [7, 11) is 0. The molecule has 1 aliphatic heterocycles. The van der Waals surface area contributed by atoms with Crippen molar-refractivity contribution in [1.82, 2.24) is 0 Å². The lowest BCUT2D eigenvalue weighted by atomic mass is 10.1. The lowest BCUT2D eigenvalue weighted by Gasteiger charge is -2.06. The number of allylic oxidation sites excluding steroid dienone is 1. The standard InChI is InChI=1S/C27H35NO3/c1-2-3-4-5-6-7-8-9-10-19-29-25-15-11-23(12-16-25)20-28-24-13-17-26(18-14-24)30-21-27-22-31-27/h2,11-18,20,27H,1,3-10,19,21-22H2. The number of benzene rings is 2. The highest BCUT2D eigenvalue weighted by Gasteiger charge is 2.22. The number of unbranched alkanes of at least 4 members (excludes halogenated alkanes) is 7. The van der Waals surface area contributed by atoms with Crippen molar-refractivity contribution in [3.8, 4) is 11.5 Å². The van der Waals surface area contributed by atoms with Gasteiger partial charge in [0.15, 0.2) is 0 Å². The van der Waals surface area contributed by atoms with Crippen LogP contribution in [-0.2, 0) is 4.74 Å². The molecule has 1 saturated heterocycles. The summed E-state index contributed by atoms with van der Waals surface area (Å²) in [5, 5.41) is 0. The topological polar surface area (TPSA) is 43.4 Å². The predicted molar refractivity (Wildman–Crippen MR) is 128 cm³/mol. The van der Waals surface area contributed by atoms with Gasteiger partial charge in [-0.05, 0) is 73.4 Å². The van der Waals surface area contributed by atoms with Gasteiger partial charge in [-0.2, -0.15) is 0 Å². The van der Waals surface area contributed by atoms with E-state index in [-0.39, 0.29) is 6.10 Å². The third-order valence-electron chi connectivity index (χ3n) is 5.24. The van der Waals surface area contributed by atoms with E-state index in [0.717, 1.165) is 48.8 Å². The van der Waals surface area contributed by atoms with Crippen molar-refractivity contribution >= 4 is 11.9 Å². The zero-order valence-electron chi connectivity index (χ0n) is 18.5. The summed E-state index contributed by atoms with van der Waals surface area (Å²) in [5.74, 6) is 1.77. The second-order valence-corrected chi connectivity index (χ2v) is 7.99. The van der Waals surface area contributed by atoms with Gasteiger partial charge in [-0.15, -0.1) is 6.58 Å². The van der Waals surface area contributed by atoms with Crippen molar-refractivity contribution in [1.29, 1.82) is 0 Å². The van der Waals surface area contributed by atoms with Crippen LogP contribution in [-0.4, -0.2) is 32.1 Å². The summed E-state index contributed by atoms with van der Waals surface area (Å²) in [4.78, 5) is 4.53. The van der Waals surface area contributed by atoms with Crippen LogP contribution in [0.2, 0.25) is 0 Å². The molecule has 0 bridgehead atoms. The third kappa shape index (κ3) is 9.84. The van der Waals surface area contributed by atoms with Crippen LogP contribution in [0, 0.1) is 0 Å². The second kappa shape index (κ2) is 13.7. The third-order valence-corrected chi connectivity index (χ3v) is 5.24. The number of rotatable bonds is 16. The Labute approximate surface area is 187 Å². The van der Waals surface area contributed by atoms with E-state index in [1.807, 2.05) is 60.8 Å². The highest BCUT2D eigenvalue weighted by atomic mass is 16.6. The quantitative estimate of drug-likeness (QED) is 0.128. The molecule has 0 amide bonds. The van der Waals surface area contributed by atoms with Crippen molar-refractivity contribution in [2.45, 2.75) is 57.5 Å². The average molecular weight is 422 g/mol. The summed E-state index contributed by atoms with van der Waals surface area (Å²) in [6.07, 6.45) is 14.2. The van der Waals surface area contributed by atoms with Crippen LogP contribution < -0.4 is 9.47 Å². The Morgan fingerprint density at radius 3 is 2.13 bits per heavy atom. The zero-order valence-corrected chi connectivity index (χ0v) is 18.5. The van der Waals surface area contributed by atoms with Crippen LogP contribution in [0.15, 0.2) is 66.2 Å². The number of nitrogens with zero attached hydrogens (tertiary/aromatic N) is 1. The van der Waals surface area contributed by atoms with Crippen molar-refractivity contribution in [3.05, 3.63) is 66.7 Å². The van der Waals surface area contributed by atoms with E-state index in [1.54, 1.807) is 0 Å². The van der Waals surface area contributed by atoms with Crippen molar-refractivity contribution in [2.24, 2.45) is 4.99 Å². The molecule has 4 heteroatoms. The van der Waals surface area contributed by atoms with E-state index in [0.29, 0.717) is 6.61 Å². The van der Waals surface area contributed by atoms with Gasteiger partial charge in [-0.25, -0.2) is 0 Å². The Morgan fingerprint density at radius 1 is 0.839 bits per heavy atom. The lowest BCUT2D eigenvalue weighted by Crippen LogP contribution is -2.03. The second-order valence-electron chi connectivity index (χ2n) is 7.99. The number of aliphatic imine (C=N–C) groups is 1. The van der Waals surface area contributed by atoms with Crippen molar-refractivity contribution in [3.63, 3.8) is 0 Å². The molecule has 0 aromatic heterocycles. The Balaban J connectivity index is 1.28. The lowest BCUT2D eigenvalue weighted by molar-refractivity contribution is 0.263. The highest BCUT2D eigenvalue weighted by Crippen LogP contribution is 2.20. The van der Waals surface area contributed by atoms with Gasteiger partial charge in [0.25, 0.3) is 0 Å². The summed E-state index contributed by atoms with van der Waals surface area (Å²) >= 11 is 0. The minimum Gasteiger partial charge on any atom is -0.494 e. The predicted octanol–water partition coefficient (Wildman–Crippen LogP) is 6.90. The van der Waals surface area contributed by atoms with E-state index >= 15 is 0 Å². The van der Waals surface area contributed by atoms with Crippen LogP contribution in [0.3, 0.4) is 0 Å². The molecule has 2 aromatic rings. The van der Waals surface area contributed by atoms with Crippen LogP contribution in [0.4, 0.5) is 5.69 Å². The molecule has 1 aliphatic rings.